The molecule has 5 heteroatoms. The molecule has 4 nitrogen and oxygen atoms in total. The summed E-state index contributed by atoms with van der Waals surface area (Å²) in [4.78, 5) is 12.6. The minimum atomic E-state index is -0.180. The molecule has 2 aromatic carbocycles. The van der Waals surface area contributed by atoms with Gasteiger partial charge in [-0.1, -0.05) is 29.8 Å². The Hall–Kier alpha value is -2.01. The maximum atomic E-state index is 12.6. The molecule has 0 aliphatic rings. The third kappa shape index (κ3) is 4.29. The van der Waals surface area contributed by atoms with Crippen LogP contribution >= 0.6 is 15.9 Å². The van der Waals surface area contributed by atoms with Crippen LogP contribution in [0.4, 0.5) is 5.69 Å². The van der Waals surface area contributed by atoms with Gasteiger partial charge in [-0.25, -0.2) is 0 Å². The van der Waals surface area contributed by atoms with Crippen LogP contribution in [0, 0.1) is 0 Å². The lowest BCUT2D eigenvalue weighted by Crippen LogP contribution is -2.14. The Morgan fingerprint density at radius 2 is 1.92 bits per heavy atom. The van der Waals surface area contributed by atoms with Crippen LogP contribution in [0.15, 0.2) is 40.9 Å². The van der Waals surface area contributed by atoms with Crippen molar-refractivity contribution in [3.63, 3.8) is 0 Å². The average Bonchev–Trinajstić information content (AvgIpc) is 2.56. The number of benzene rings is 2. The van der Waals surface area contributed by atoms with Gasteiger partial charge in [0.25, 0.3) is 5.91 Å². The summed E-state index contributed by atoms with van der Waals surface area (Å²) < 4.78 is 11.8. The zero-order valence-corrected chi connectivity index (χ0v) is 15.9. The Bertz CT molecular complexity index is 729. The number of rotatable bonds is 6. The first-order chi connectivity index (χ1) is 11.5. The van der Waals surface area contributed by atoms with E-state index in [1.807, 2.05) is 25.1 Å². The van der Waals surface area contributed by atoms with Crippen molar-refractivity contribution >= 4 is 27.5 Å². The number of carbonyl (C=O) groups excluding carboxylic acids is 1. The summed E-state index contributed by atoms with van der Waals surface area (Å²) in [5.74, 6) is 1.29. The van der Waals surface area contributed by atoms with Crippen LogP contribution in [0.1, 0.15) is 42.6 Å². The summed E-state index contributed by atoms with van der Waals surface area (Å²) in [5, 5.41) is 2.98. The first-order valence-corrected chi connectivity index (χ1v) is 8.67. The molecule has 0 aromatic heterocycles. The molecule has 1 N–H and O–H groups in total. The molecule has 0 saturated heterocycles. The highest BCUT2D eigenvalue weighted by Gasteiger charge is 2.14. The second kappa shape index (κ2) is 8.20. The van der Waals surface area contributed by atoms with E-state index in [1.165, 1.54) is 0 Å². The normalized spacial score (nSPS) is 10.6. The van der Waals surface area contributed by atoms with Crippen molar-refractivity contribution in [3.05, 3.63) is 52.0 Å². The summed E-state index contributed by atoms with van der Waals surface area (Å²) >= 11 is 3.47. The second-order valence-electron chi connectivity index (χ2n) is 5.64. The quantitative estimate of drug-likeness (QED) is 0.732. The van der Waals surface area contributed by atoms with E-state index in [0.29, 0.717) is 29.6 Å². The first kappa shape index (κ1) is 18.3. The van der Waals surface area contributed by atoms with Crippen molar-refractivity contribution in [1.29, 1.82) is 0 Å². The maximum Gasteiger partial charge on any atom is 0.255 e. The van der Waals surface area contributed by atoms with Gasteiger partial charge >= 0.3 is 0 Å². The fourth-order valence-electron chi connectivity index (χ4n) is 2.40. The fraction of sp³-hybridized carbons (Fsp3) is 0.316. The molecule has 0 unspecified atom stereocenters. The smallest absolute Gasteiger partial charge is 0.255 e. The van der Waals surface area contributed by atoms with Crippen molar-refractivity contribution < 1.29 is 14.3 Å². The molecule has 0 aliphatic heterocycles. The largest absolute Gasteiger partial charge is 0.493 e. The van der Waals surface area contributed by atoms with Crippen molar-refractivity contribution in [2.24, 2.45) is 0 Å². The van der Waals surface area contributed by atoms with Crippen molar-refractivity contribution in [3.8, 4) is 11.5 Å². The average molecular weight is 392 g/mol. The predicted molar refractivity (Wildman–Crippen MR) is 100 cm³/mol. The number of anilines is 1. The zero-order valence-electron chi connectivity index (χ0n) is 14.4. The number of carbonyl (C=O) groups is 1. The number of amides is 1. The number of ether oxygens (including phenoxy) is 2. The van der Waals surface area contributed by atoms with E-state index in [0.717, 1.165) is 15.7 Å². The van der Waals surface area contributed by atoms with Gasteiger partial charge < -0.3 is 14.8 Å². The Morgan fingerprint density at radius 3 is 2.54 bits per heavy atom. The van der Waals surface area contributed by atoms with Crippen LogP contribution in [0.25, 0.3) is 0 Å². The minimum absolute atomic E-state index is 0.180. The highest BCUT2D eigenvalue weighted by atomic mass is 79.9. The SMILES string of the molecule is CCOc1ccc(C(=O)Nc2ccc(Br)cc2C(C)C)cc1OC. The lowest BCUT2D eigenvalue weighted by Gasteiger charge is -2.15. The Kier molecular flexibility index (Phi) is 6.26. The van der Waals surface area contributed by atoms with Crippen LogP contribution in [0.3, 0.4) is 0 Å². The van der Waals surface area contributed by atoms with Crippen molar-refractivity contribution in [1.82, 2.24) is 0 Å². The van der Waals surface area contributed by atoms with E-state index in [-0.39, 0.29) is 5.91 Å². The summed E-state index contributed by atoms with van der Waals surface area (Å²) in [7, 11) is 1.56. The molecular weight excluding hydrogens is 370 g/mol. The first-order valence-electron chi connectivity index (χ1n) is 7.87. The molecule has 1 amide bonds. The van der Waals surface area contributed by atoms with E-state index < -0.39 is 0 Å². The zero-order chi connectivity index (χ0) is 17.7. The molecule has 0 heterocycles. The lowest BCUT2D eigenvalue weighted by molar-refractivity contribution is 0.102. The van der Waals surface area contributed by atoms with Crippen molar-refractivity contribution in [2.45, 2.75) is 26.7 Å². The molecule has 2 aromatic rings. The molecule has 0 spiro atoms. The number of hydrogen-bond donors (Lipinski definition) is 1. The molecule has 0 atom stereocenters. The molecule has 2 rings (SSSR count). The van der Waals surface area contributed by atoms with Gasteiger partial charge in [0.1, 0.15) is 0 Å². The predicted octanol–water partition coefficient (Wildman–Crippen LogP) is 5.23. The van der Waals surface area contributed by atoms with Crippen LogP contribution in [-0.2, 0) is 0 Å². The lowest BCUT2D eigenvalue weighted by atomic mass is 10.0. The van der Waals surface area contributed by atoms with Gasteiger partial charge in [0, 0.05) is 15.7 Å². The summed E-state index contributed by atoms with van der Waals surface area (Å²) in [6, 6.07) is 11.0. The van der Waals surface area contributed by atoms with Gasteiger partial charge in [-0.05, 0) is 54.8 Å². The molecule has 0 radical (unpaired) electrons. The molecule has 0 fully saturated rings. The van der Waals surface area contributed by atoms with Gasteiger partial charge in [0.2, 0.25) is 0 Å². The monoisotopic (exact) mass is 391 g/mol. The highest BCUT2D eigenvalue weighted by molar-refractivity contribution is 9.10. The van der Waals surface area contributed by atoms with E-state index in [1.54, 1.807) is 25.3 Å². The summed E-state index contributed by atoms with van der Waals surface area (Å²) in [6.45, 7) is 6.63. The van der Waals surface area contributed by atoms with Crippen LogP contribution < -0.4 is 14.8 Å². The second-order valence-corrected chi connectivity index (χ2v) is 6.55. The molecule has 0 saturated carbocycles. The Labute approximate surface area is 151 Å². The van der Waals surface area contributed by atoms with Crippen LogP contribution in [-0.4, -0.2) is 19.6 Å². The fourth-order valence-corrected chi connectivity index (χ4v) is 2.78. The minimum Gasteiger partial charge on any atom is -0.493 e. The molecular formula is C19H22BrNO3. The number of nitrogens with one attached hydrogen (secondary N) is 1. The van der Waals surface area contributed by atoms with Crippen LogP contribution in [0.5, 0.6) is 11.5 Å². The molecule has 128 valence electrons. The van der Waals surface area contributed by atoms with Crippen LogP contribution in [0.2, 0.25) is 0 Å². The maximum absolute atomic E-state index is 12.6. The van der Waals surface area contributed by atoms with E-state index in [4.69, 9.17) is 9.47 Å². The topological polar surface area (TPSA) is 47.6 Å². The highest BCUT2D eigenvalue weighted by Crippen LogP contribution is 2.30. The van der Waals surface area contributed by atoms with Crippen molar-refractivity contribution in [2.75, 3.05) is 19.0 Å². The number of hydrogen-bond acceptors (Lipinski definition) is 3. The standard InChI is InChI=1S/C19H22BrNO3/c1-5-24-17-9-6-13(10-18(17)23-4)19(22)21-16-8-7-14(20)11-15(16)12(2)3/h6-12H,5H2,1-4H3,(H,21,22). The summed E-state index contributed by atoms with van der Waals surface area (Å²) in [6.07, 6.45) is 0. The van der Waals surface area contributed by atoms with E-state index >= 15 is 0 Å². The molecule has 0 aliphatic carbocycles. The van der Waals surface area contributed by atoms with Gasteiger partial charge in [-0.3, -0.25) is 4.79 Å². The summed E-state index contributed by atoms with van der Waals surface area (Å²) in [5.41, 5.74) is 2.41. The van der Waals surface area contributed by atoms with Gasteiger partial charge in [-0.15, -0.1) is 0 Å². The molecule has 0 bridgehead atoms. The van der Waals surface area contributed by atoms with E-state index in [9.17, 15) is 4.79 Å². The number of methoxy groups -OCH3 is 1. The Morgan fingerprint density at radius 1 is 1.17 bits per heavy atom. The Balaban J connectivity index is 2.27. The molecule has 24 heavy (non-hydrogen) atoms. The third-order valence-corrected chi connectivity index (χ3v) is 4.10. The van der Waals surface area contributed by atoms with E-state index in [2.05, 4.69) is 35.1 Å². The van der Waals surface area contributed by atoms with Gasteiger partial charge in [-0.2, -0.15) is 0 Å². The van der Waals surface area contributed by atoms with Gasteiger partial charge in [0.15, 0.2) is 11.5 Å². The third-order valence-electron chi connectivity index (χ3n) is 3.61. The van der Waals surface area contributed by atoms with Gasteiger partial charge in [0.05, 0.1) is 13.7 Å². The number of halogens is 1.